The highest BCUT2D eigenvalue weighted by atomic mass is 35.5. The quantitative estimate of drug-likeness (QED) is 0.767. The van der Waals surface area contributed by atoms with Crippen LogP contribution in [0.15, 0.2) is 40.8 Å². The van der Waals surface area contributed by atoms with Crippen LogP contribution in [0.5, 0.6) is 0 Å². The lowest BCUT2D eigenvalue weighted by molar-refractivity contribution is -0.117. The van der Waals surface area contributed by atoms with Gasteiger partial charge in [-0.15, -0.1) is 23.7 Å². The van der Waals surface area contributed by atoms with E-state index < -0.39 is 0 Å². The number of aromatic nitrogens is 1. The van der Waals surface area contributed by atoms with E-state index in [0.717, 1.165) is 0 Å². The number of thiazole rings is 1. The second kappa shape index (κ2) is 10.3. The fourth-order valence-corrected chi connectivity index (χ4v) is 2.58. The third-order valence-corrected chi connectivity index (χ3v) is 3.73. The molecule has 1 heterocycles. The smallest absolute Gasteiger partial charge is 0.262 e. The van der Waals surface area contributed by atoms with Crippen molar-refractivity contribution >= 4 is 29.7 Å². The van der Waals surface area contributed by atoms with E-state index in [4.69, 9.17) is 4.74 Å². The van der Waals surface area contributed by atoms with E-state index in [1.165, 1.54) is 17.4 Å². The third-order valence-electron chi connectivity index (χ3n) is 2.94. The normalized spacial score (nSPS) is 11.3. The number of nitrogens with one attached hydrogen (secondary N) is 1. The molecule has 0 unspecified atom stereocenters. The minimum atomic E-state index is -0.264. The number of carbonyl (C=O) groups excluding carboxylic acids is 1. The van der Waals surface area contributed by atoms with Gasteiger partial charge in [0.1, 0.15) is 5.82 Å². The first-order valence-corrected chi connectivity index (χ1v) is 7.73. The third kappa shape index (κ3) is 6.23. The monoisotopic (exact) mass is 359 g/mol. The van der Waals surface area contributed by atoms with Crippen molar-refractivity contribution in [1.82, 2.24) is 9.88 Å². The molecular weight excluding hydrogens is 341 g/mol. The minimum absolute atomic E-state index is 0. The van der Waals surface area contributed by atoms with Crippen molar-refractivity contribution in [3.05, 3.63) is 52.0 Å². The summed E-state index contributed by atoms with van der Waals surface area (Å²) in [7, 11) is 1.60. The topological polar surface area (TPSA) is 55.6 Å². The molecule has 0 saturated heterocycles. The number of carbonyl (C=O) groups is 1. The Kier molecular flexibility index (Phi) is 8.71. The number of methoxy groups -OCH3 is 1. The summed E-state index contributed by atoms with van der Waals surface area (Å²) in [5.74, 6) is -0.527. The van der Waals surface area contributed by atoms with Crippen LogP contribution in [-0.2, 0) is 16.1 Å². The molecule has 1 aromatic carbocycles. The summed E-state index contributed by atoms with van der Waals surface area (Å²) >= 11 is 1.35. The van der Waals surface area contributed by atoms with Crippen LogP contribution < -0.4 is 10.1 Å². The molecule has 126 valence electrons. The molecule has 0 fully saturated rings. The van der Waals surface area contributed by atoms with Crippen LogP contribution in [0, 0.1) is 5.82 Å². The summed E-state index contributed by atoms with van der Waals surface area (Å²) in [6.45, 7) is 1.64. The summed E-state index contributed by atoms with van der Waals surface area (Å²) in [5, 5.41) is 4.77. The van der Waals surface area contributed by atoms with Gasteiger partial charge in [0.25, 0.3) is 5.91 Å². The lowest BCUT2D eigenvalue weighted by atomic mass is 10.2. The molecule has 1 N–H and O–H groups in total. The van der Waals surface area contributed by atoms with Crippen molar-refractivity contribution < 1.29 is 13.9 Å². The van der Waals surface area contributed by atoms with Crippen LogP contribution in [-0.4, -0.2) is 37.3 Å². The Morgan fingerprint density at radius 3 is 2.96 bits per heavy atom. The Morgan fingerprint density at radius 2 is 2.22 bits per heavy atom. The zero-order valence-corrected chi connectivity index (χ0v) is 14.3. The molecular formula is C15H19ClFN3O2S. The van der Waals surface area contributed by atoms with E-state index in [-0.39, 0.29) is 30.7 Å². The van der Waals surface area contributed by atoms with Crippen molar-refractivity contribution in [3.63, 3.8) is 0 Å². The number of nitrogens with zero attached hydrogens (tertiary/aromatic N) is 2. The molecule has 0 aliphatic carbocycles. The number of hydrogen-bond acceptors (Lipinski definition) is 4. The van der Waals surface area contributed by atoms with Gasteiger partial charge in [-0.3, -0.25) is 4.79 Å². The van der Waals surface area contributed by atoms with E-state index >= 15 is 0 Å². The molecule has 1 amide bonds. The molecule has 0 spiro atoms. The van der Waals surface area contributed by atoms with Crippen molar-refractivity contribution in [2.24, 2.45) is 4.99 Å². The maximum Gasteiger partial charge on any atom is 0.262 e. The van der Waals surface area contributed by atoms with Crippen LogP contribution in [0.2, 0.25) is 0 Å². The van der Waals surface area contributed by atoms with Crippen LogP contribution in [0.25, 0.3) is 0 Å². The maximum atomic E-state index is 13.7. The van der Waals surface area contributed by atoms with E-state index in [2.05, 4.69) is 10.3 Å². The van der Waals surface area contributed by atoms with Crippen molar-refractivity contribution in [2.75, 3.05) is 26.8 Å². The molecule has 0 radical (unpaired) electrons. The lowest BCUT2D eigenvalue weighted by Gasteiger charge is -2.04. The lowest BCUT2D eigenvalue weighted by Crippen LogP contribution is -2.27. The molecule has 1 aromatic heterocycles. The van der Waals surface area contributed by atoms with Gasteiger partial charge in [-0.2, -0.15) is 4.99 Å². The van der Waals surface area contributed by atoms with Crippen LogP contribution in [0.3, 0.4) is 0 Å². The number of rotatable bonds is 7. The van der Waals surface area contributed by atoms with Gasteiger partial charge in [0.2, 0.25) is 0 Å². The van der Waals surface area contributed by atoms with Crippen LogP contribution in [0.1, 0.15) is 5.56 Å². The molecule has 0 atom stereocenters. The first kappa shape index (κ1) is 19.5. The Labute approximate surface area is 144 Å². The fraction of sp³-hybridized carbons (Fsp3) is 0.333. The second-order valence-corrected chi connectivity index (χ2v) is 5.45. The van der Waals surface area contributed by atoms with Crippen LogP contribution >= 0.6 is 23.7 Å². The second-order valence-electron chi connectivity index (χ2n) is 4.58. The molecule has 0 aliphatic rings. The van der Waals surface area contributed by atoms with Gasteiger partial charge < -0.3 is 14.6 Å². The Morgan fingerprint density at radius 1 is 1.43 bits per heavy atom. The first-order valence-electron chi connectivity index (χ1n) is 6.85. The molecule has 5 nitrogen and oxygen atoms in total. The maximum absolute atomic E-state index is 13.7. The number of halogens is 2. The average Bonchev–Trinajstić information content (AvgIpc) is 2.93. The van der Waals surface area contributed by atoms with Gasteiger partial charge in [-0.1, -0.05) is 18.2 Å². The van der Waals surface area contributed by atoms with Crippen molar-refractivity contribution in [3.8, 4) is 0 Å². The first-order chi connectivity index (χ1) is 10.7. The highest BCUT2D eigenvalue weighted by molar-refractivity contribution is 7.07. The van der Waals surface area contributed by atoms with Crippen molar-refractivity contribution in [2.45, 2.75) is 6.54 Å². The van der Waals surface area contributed by atoms with Gasteiger partial charge >= 0.3 is 0 Å². The predicted octanol–water partition coefficient (Wildman–Crippen LogP) is 1.82. The number of hydrogen-bond donors (Lipinski definition) is 1. The summed E-state index contributed by atoms with van der Waals surface area (Å²) < 4.78 is 20.3. The molecule has 8 heteroatoms. The van der Waals surface area contributed by atoms with Gasteiger partial charge in [-0.25, -0.2) is 4.39 Å². The highest BCUT2D eigenvalue weighted by Crippen LogP contribution is 2.07. The van der Waals surface area contributed by atoms with Gasteiger partial charge in [0.05, 0.1) is 19.7 Å². The zero-order chi connectivity index (χ0) is 15.8. The molecule has 23 heavy (non-hydrogen) atoms. The van der Waals surface area contributed by atoms with E-state index in [9.17, 15) is 9.18 Å². The van der Waals surface area contributed by atoms with Gasteiger partial charge in [0, 0.05) is 30.8 Å². The average molecular weight is 360 g/mol. The SMILES string of the molecule is COCCNCC(=O)N=c1sccn1Cc1ccccc1F.Cl. The van der Waals surface area contributed by atoms with Gasteiger partial charge in [0.15, 0.2) is 4.80 Å². The molecule has 0 saturated carbocycles. The van der Waals surface area contributed by atoms with Crippen molar-refractivity contribution in [1.29, 1.82) is 0 Å². The Balaban J connectivity index is 0.00000264. The van der Waals surface area contributed by atoms with E-state index in [0.29, 0.717) is 30.1 Å². The number of ether oxygens (including phenoxy) is 1. The Bertz CT molecular complexity index is 687. The van der Waals surface area contributed by atoms with E-state index in [1.54, 1.807) is 36.1 Å². The largest absolute Gasteiger partial charge is 0.383 e. The molecule has 0 bridgehead atoms. The fourth-order valence-electron chi connectivity index (χ4n) is 1.83. The Hall–Kier alpha value is -1.54. The molecule has 2 aromatic rings. The minimum Gasteiger partial charge on any atom is -0.383 e. The summed E-state index contributed by atoms with van der Waals surface area (Å²) in [4.78, 5) is 16.4. The highest BCUT2D eigenvalue weighted by Gasteiger charge is 2.04. The number of benzene rings is 1. The van der Waals surface area contributed by atoms with Crippen LogP contribution in [0.4, 0.5) is 4.39 Å². The summed E-state index contributed by atoms with van der Waals surface area (Å²) in [5.41, 5.74) is 0.563. The summed E-state index contributed by atoms with van der Waals surface area (Å²) in [6.07, 6.45) is 1.79. The molecule has 2 rings (SSSR count). The number of amides is 1. The standard InChI is InChI=1S/C15H18FN3O2S.ClH/c1-21-8-6-17-10-14(20)18-15-19(7-9-22-15)11-12-4-2-3-5-13(12)16;/h2-5,7,9,17H,6,8,10-11H2,1H3;1H. The molecule has 0 aliphatic heterocycles. The predicted molar refractivity (Wildman–Crippen MR) is 90.4 cm³/mol. The summed E-state index contributed by atoms with van der Waals surface area (Å²) in [6, 6.07) is 6.58. The zero-order valence-electron chi connectivity index (χ0n) is 12.7. The van der Waals surface area contributed by atoms with E-state index in [1.807, 2.05) is 5.38 Å². The van der Waals surface area contributed by atoms with Gasteiger partial charge in [-0.05, 0) is 6.07 Å².